The van der Waals surface area contributed by atoms with E-state index in [1.54, 1.807) is 13.8 Å². The van der Waals surface area contributed by atoms with Crippen molar-refractivity contribution >= 4 is 23.4 Å². The van der Waals surface area contributed by atoms with Crippen molar-refractivity contribution in [1.29, 1.82) is 0 Å². The van der Waals surface area contributed by atoms with Gasteiger partial charge < -0.3 is 19.7 Å². The predicted molar refractivity (Wildman–Crippen MR) is 137 cm³/mol. The molecule has 0 aliphatic carbocycles. The summed E-state index contributed by atoms with van der Waals surface area (Å²) < 4.78 is 6.80. The Morgan fingerprint density at radius 3 is 2.49 bits per heavy atom. The van der Waals surface area contributed by atoms with E-state index in [9.17, 15) is 19.5 Å². The summed E-state index contributed by atoms with van der Waals surface area (Å²) in [5.74, 6) is -1.97. The van der Waals surface area contributed by atoms with Gasteiger partial charge in [-0.1, -0.05) is 38.1 Å². The van der Waals surface area contributed by atoms with E-state index in [0.717, 1.165) is 11.1 Å². The maximum absolute atomic E-state index is 13.4. The second-order valence-electron chi connectivity index (χ2n) is 9.63. The summed E-state index contributed by atoms with van der Waals surface area (Å²) in [4.78, 5) is 46.3. The number of likely N-dealkylation sites (tertiary alicyclic amines) is 1. The number of methoxy groups -OCH3 is 1. The largest absolute Gasteiger partial charge is 0.507 e. The molecule has 9 nitrogen and oxygen atoms in total. The van der Waals surface area contributed by atoms with Crippen LogP contribution in [-0.4, -0.2) is 51.3 Å². The number of carbonyl (C=O) groups excluding carboxylic acids is 3. The SMILES string of the molecule is COC(=O)c1[nH]c(C)c(C(O)=C2C(=O)C(=O)N(CCC[n+]3cc[nH]c3)C2c2ccc(C(C)C)cc2)c1C. The number of ketones is 1. The van der Waals surface area contributed by atoms with E-state index in [2.05, 4.69) is 23.8 Å². The number of aliphatic hydroxyl groups is 1. The lowest BCUT2D eigenvalue weighted by molar-refractivity contribution is -0.695. The van der Waals surface area contributed by atoms with Gasteiger partial charge in [-0.25, -0.2) is 9.36 Å². The number of carbonyl (C=O) groups is 3. The Morgan fingerprint density at radius 2 is 1.89 bits per heavy atom. The second kappa shape index (κ2) is 10.5. The Balaban J connectivity index is 1.80. The summed E-state index contributed by atoms with van der Waals surface area (Å²) >= 11 is 0. The number of ether oxygens (including phenoxy) is 1. The molecule has 9 heteroatoms. The first-order chi connectivity index (χ1) is 17.6. The van der Waals surface area contributed by atoms with Gasteiger partial charge in [-0.15, -0.1) is 0 Å². The fourth-order valence-corrected chi connectivity index (χ4v) is 4.95. The molecule has 1 amide bonds. The molecule has 4 rings (SSSR count). The lowest BCUT2D eigenvalue weighted by Gasteiger charge is -2.25. The number of esters is 1. The third kappa shape index (κ3) is 4.81. The van der Waals surface area contributed by atoms with Crippen LogP contribution in [0.15, 0.2) is 48.6 Å². The molecule has 0 saturated carbocycles. The Kier molecular flexibility index (Phi) is 7.33. The molecule has 2 aromatic heterocycles. The average molecular weight is 506 g/mol. The van der Waals surface area contributed by atoms with Crippen LogP contribution in [0.5, 0.6) is 0 Å². The van der Waals surface area contributed by atoms with E-state index >= 15 is 0 Å². The number of imidazole rings is 1. The van der Waals surface area contributed by atoms with Crippen LogP contribution in [0, 0.1) is 13.8 Å². The number of Topliss-reactive ketones (excluding diaryl/α,β-unsaturated/α-hetero) is 1. The second-order valence-corrected chi connectivity index (χ2v) is 9.63. The topological polar surface area (TPSA) is 119 Å². The zero-order valence-corrected chi connectivity index (χ0v) is 21.8. The molecular weight excluding hydrogens is 472 g/mol. The number of rotatable bonds is 8. The molecule has 3 aromatic rings. The van der Waals surface area contributed by atoms with Gasteiger partial charge in [0.25, 0.3) is 11.7 Å². The Hall–Kier alpha value is -4.14. The molecule has 1 aliphatic rings. The van der Waals surface area contributed by atoms with Crippen molar-refractivity contribution in [1.82, 2.24) is 14.9 Å². The number of amides is 1. The quantitative estimate of drug-likeness (QED) is 0.142. The van der Waals surface area contributed by atoms with E-state index in [4.69, 9.17) is 4.74 Å². The van der Waals surface area contributed by atoms with Crippen molar-refractivity contribution in [3.63, 3.8) is 0 Å². The van der Waals surface area contributed by atoms with E-state index < -0.39 is 23.7 Å². The normalized spacial score (nSPS) is 17.1. The molecule has 1 aromatic carbocycles. The molecule has 37 heavy (non-hydrogen) atoms. The number of H-pyrrole nitrogens is 2. The highest BCUT2D eigenvalue weighted by Crippen LogP contribution is 2.41. The van der Waals surface area contributed by atoms with Gasteiger partial charge in [0.05, 0.1) is 25.3 Å². The number of aromatic amines is 2. The molecule has 1 atom stereocenters. The lowest BCUT2D eigenvalue weighted by Crippen LogP contribution is -2.36. The standard InChI is InChI=1S/C28H32N4O5/c1-16(2)19-7-9-20(10-8-19)24-22(25(33)21-17(3)23(28(36)37-5)30-18(21)4)26(34)27(35)32(24)13-6-12-31-14-11-29-15-31/h7-11,14-16,24H,6,12-13H2,1-5H3,(H2,30,33,34,36)/p+1. The number of nitrogens with one attached hydrogen (secondary N) is 2. The molecule has 0 spiro atoms. The monoisotopic (exact) mass is 505 g/mol. The van der Waals surface area contributed by atoms with Crippen LogP contribution >= 0.6 is 0 Å². The minimum atomic E-state index is -0.757. The number of benzene rings is 1. The van der Waals surface area contributed by atoms with Gasteiger partial charge in [0.2, 0.25) is 6.33 Å². The number of hydrogen-bond acceptors (Lipinski definition) is 5. The highest BCUT2D eigenvalue weighted by atomic mass is 16.5. The third-order valence-electron chi connectivity index (χ3n) is 6.94. The maximum atomic E-state index is 13.4. The fourth-order valence-electron chi connectivity index (χ4n) is 4.95. The third-order valence-corrected chi connectivity index (χ3v) is 6.94. The van der Waals surface area contributed by atoms with Crippen LogP contribution < -0.4 is 4.57 Å². The van der Waals surface area contributed by atoms with Crippen molar-refractivity contribution in [2.24, 2.45) is 0 Å². The molecule has 0 bridgehead atoms. The summed E-state index contributed by atoms with van der Waals surface area (Å²) in [6.07, 6.45) is 6.15. The molecule has 0 radical (unpaired) electrons. The molecule has 1 fully saturated rings. The van der Waals surface area contributed by atoms with E-state index in [-0.39, 0.29) is 17.0 Å². The van der Waals surface area contributed by atoms with Gasteiger partial charge in [0.1, 0.15) is 23.8 Å². The van der Waals surface area contributed by atoms with Crippen LogP contribution in [0.4, 0.5) is 0 Å². The molecule has 1 saturated heterocycles. The van der Waals surface area contributed by atoms with E-state index in [1.807, 2.05) is 47.6 Å². The molecular formula is C28H33N4O5+. The summed E-state index contributed by atoms with van der Waals surface area (Å²) in [5.41, 5.74) is 3.34. The maximum Gasteiger partial charge on any atom is 0.354 e. The first-order valence-corrected chi connectivity index (χ1v) is 12.3. The zero-order valence-electron chi connectivity index (χ0n) is 21.8. The fraction of sp³-hybridized carbons (Fsp3) is 0.357. The molecule has 3 N–H and O–H groups in total. The zero-order chi connectivity index (χ0) is 26.9. The lowest BCUT2D eigenvalue weighted by atomic mass is 9.92. The molecule has 1 unspecified atom stereocenters. The van der Waals surface area contributed by atoms with E-state index in [0.29, 0.717) is 42.2 Å². The molecule has 3 heterocycles. The smallest absolute Gasteiger partial charge is 0.354 e. The number of aromatic nitrogens is 3. The molecule has 194 valence electrons. The van der Waals surface area contributed by atoms with E-state index in [1.165, 1.54) is 12.0 Å². The van der Waals surface area contributed by atoms with Crippen LogP contribution in [0.1, 0.15) is 70.7 Å². The highest BCUT2D eigenvalue weighted by Gasteiger charge is 2.46. The number of hydrogen-bond donors (Lipinski definition) is 3. The molecule has 1 aliphatic heterocycles. The van der Waals surface area contributed by atoms with Crippen molar-refractivity contribution in [2.45, 2.75) is 52.6 Å². The Labute approximate surface area is 215 Å². The summed E-state index contributed by atoms with van der Waals surface area (Å²) in [5, 5.41) is 11.5. The first-order valence-electron chi connectivity index (χ1n) is 12.3. The van der Waals surface area contributed by atoms with Crippen molar-refractivity contribution < 1.29 is 28.8 Å². The minimum Gasteiger partial charge on any atom is -0.507 e. The van der Waals surface area contributed by atoms with Crippen LogP contribution in [0.2, 0.25) is 0 Å². The summed E-state index contributed by atoms with van der Waals surface area (Å²) in [7, 11) is 1.27. The van der Waals surface area contributed by atoms with Gasteiger partial charge in [0, 0.05) is 24.2 Å². The Morgan fingerprint density at radius 1 is 1.19 bits per heavy atom. The van der Waals surface area contributed by atoms with Gasteiger partial charge >= 0.3 is 5.97 Å². The van der Waals surface area contributed by atoms with Gasteiger partial charge in [-0.2, -0.15) is 0 Å². The van der Waals surface area contributed by atoms with Crippen LogP contribution in [-0.2, 0) is 20.9 Å². The highest BCUT2D eigenvalue weighted by molar-refractivity contribution is 6.46. The Bertz CT molecular complexity index is 1350. The number of aryl methyl sites for hydroxylation is 2. The number of nitrogens with zero attached hydrogens (tertiary/aromatic N) is 2. The first kappa shape index (κ1) is 25.9. The summed E-state index contributed by atoms with van der Waals surface area (Å²) in [6, 6.07) is 7.02. The number of aliphatic hydroxyl groups excluding tert-OH is 1. The van der Waals surface area contributed by atoms with Gasteiger partial charge in [-0.3, -0.25) is 14.6 Å². The van der Waals surface area contributed by atoms with Crippen molar-refractivity contribution in [3.05, 3.63) is 82.2 Å². The minimum absolute atomic E-state index is 0.0122. The predicted octanol–water partition coefficient (Wildman–Crippen LogP) is 3.67. The van der Waals surface area contributed by atoms with Crippen LogP contribution in [0.3, 0.4) is 0 Å². The van der Waals surface area contributed by atoms with Crippen molar-refractivity contribution in [2.75, 3.05) is 13.7 Å². The van der Waals surface area contributed by atoms with Crippen LogP contribution in [0.25, 0.3) is 5.76 Å². The van der Waals surface area contributed by atoms with Crippen molar-refractivity contribution in [3.8, 4) is 0 Å². The van der Waals surface area contributed by atoms with Gasteiger partial charge in [0.15, 0.2) is 0 Å². The summed E-state index contributed by atoms with van der Waals surface area (Å²) in [6.45, 7) is 8.54. The van der Waals surface area contributed by atoms with Gasteiger partial charge in [-0.05, 0) is 36.5 Å². The average Bonchev–Trinajstić information content (AvgIpc) is 3.57.